The van der Waals surface area contributed by atoms with E-state index < -0.39 is 78.5 Å². The first-order valence-electron chi connectivity index (χ1n) is 24.5. The summed E-state index contributed by atoms with van der Waals surface area (Å²) < 4.78 is 47.5. The van der Waals surface area contributed by atoms with Crippen LogP contribution in [0.5, 0.6) is 0 Å². The van der Waals surface area contributed by atoms with Gasteiger partial charge in [-0.2, -0.15) is 8.42 Å². The van der Waals surface area contributed by atoms with Gasteiger partial charge in [0, 0.05) is 0 Å². The number of carbonyl (C=O) groups excluding carboxylic acids is 1. The molecule has 0 saturated carbocycles. The smallest absolute Gasteiger partial charge is 0.394 e. The lowest BCUT2D eigenvalue weighted by Gasteiger charge is -2.41. The highest BCUT2D eigenvalue weighted by molar-refractivity contribution is 7.80. The first-order valence-corrected chi connectivity index (χ1v) is 25.9. The standard InChI is InChI=1S/C48H89NO12S/c1-3-5-7-9-11-13-15-17-19-20-21-22-23-25-26-28-30-32-34-36-41(51)40(39-59-48-45(54)46(61-62(56,57)58)44(53)43(38-50)60-48)49-47(55)42(52)37-35-33-31-29-27-24-18-16-14-12-10-8-6-4-2/h12,14,16,18,34,36,40-46,48,50-54H,3-11,13,15,17,19-33,35,37-39H2,1-2H3,(H,49,55)(H,56,57,58)/b14-12-,18-16-,36-34+. The lowest BCUT2D eigenvalue weighted by atomic mass is 9.99. The van der Waals surface area contributed by atoms with Gasteiger partial charge < -0.3 is 40.3 Å². The summed E-state index contributed by atoms with van der Waals surface area (Å²) in [6, 6.07) is -1.13. The van der Waals surface area contributed by atoms with Crippen LogP contribution < -0.4 is 5.32 Å². The van der Waals surface area contributed by atoms with Gasteiger partial charge in [0.25, 0.3) is 0 Å². The molecule has 0 aromatic heterocycles. The fourth-order valence-corrected chi connectivity index (χ4v) is 8.14. The number of hydrogen-bond donors (Lipinski definition) is 7. The fourth-order valence-electron chi connectivity index (χ4n) is 7.63. The Bertz CT molecular complexity index is 1260. The van der Waals surface area contributed by atoms with E-state index in [0.29, 0.717) is 12.8 Å². The minimum atomic E-state index is -5.12. The average Bonchev–Trinajstić information content (AvgIpc) is 3.24. The molecule has 0 bridgehead atoms. The van der Waals surface area contributed by atoms with Gasteiger partial charge in [0.2, 0.25) is 5.91 Å². The van der Waals surface area contributed by atoms with Gasteiger partial charge in [-0.15, -0.1) is 0 Å². The second kappa shape index (κ2) is 38.5. The van der Waals surface area contributed by atoms with Crippen molar-refractivity contribution in [1.82, 2.24) is 5.32 Å². The summed E-state index contributed by atoms with van der Waals surface area (Å²) in [6.45, 7) is 3.18. The van der Waals surface area contributed by atoms with Crippen LogP contribution in [0.25, 0.3) is 0 Å². The van der Waals surface area contributed by atoms with Crippen molar-refractivity contribution >= 4 is 16.3 Å². The normalized spacial score (nSPS) is 21.3. The molecule has 364 valence electrons. The van der Waals surface area contributed by atoms with Gasteiger partial charge in [0.05, 0.1) is 25.4 Å². The number of carbonyl (C=O) groups is 1. The van der Waals surface area contributed by atoms with Crippen molar-refractivity contribution in [3.63, 3.8) is 0 Å². The predicted molar refractivity (Wildman–Crippen MR) is 247 cm³/mol. The molecule has 1 fully saturated rings. The van der Waals surface area contributed by atoms with E-state index in [1.165, 1.54) is 115 Å². The van der Waals surface area contributed by atoms with Crippen molar-refractivity contribution in [3.05, 3.63) is 36.5 Å². The zero-order chi connectivity index (χ0) is 45.7. The Kier molecular flexibility index (Phi) is 36.2. The van der Waals surface area contributed by atoms with E-state index in [9.17, 15) is 43.3 Å². The van der Waals surface area contributed by atoms with Gasteiger partial charge in [0.1, 0.15) is 30.5 Å². The molecule has 8 unspecified atom stereocenters. The quantitative estimate of drug-likeness (QED) is 0.0133. The van der Waals surface area contributed by atoms with Gasteiger partial charge in [-0.25, -0.2) is 4.18 Å². The molecule has 0 aliphatic carbocycles. The first kappa shape index (κ1) is 58.3. The van der Waals surface area contributed by atoms with E-state index in [1.54, 1.807) is 0 Å². The van der Waals surface area contributed by atoms with Crippen LogP contribution >= 0.6 is 0 Å². The van der Waals surface area contributed by atoms with Crippen molar-refractivity contribution in [2.45, 2.75) is 249 Å². The van der Waals surface area contributed by atoms with Crippen LogP contribution in [0.2, 0.25) is 0 Å². The molecule has 0 aromatic carbocycles. The van der Waals surface area contributed by atoms with Gasteiger partial charge >= 0.3 is 10.4 Å². The summed E-state index contributed by atoms with van der Waals surface area (Å²) in [6.07, 6.45) is 33.6. The molecule has 0 aromatic rings. The number of amides is 1. The van der Waals surface area contributed by atoms with E-state index in [4.69, 9.17) is 9.47 Å². The molecular formula is C48H89NO12S. The maximum absolute atomic E-state index is 13.1. The molecule has 1 amide bonds. The largest absolute Gasteiger partial charge is 0.397 e. The highest BCUT2D eigenvalue weighted by atomic mass is 32.3. The maximum Gasteiger partial charge on any atom is 0.397 e. The molecule has 0 spiro atoms. The third kappa shape index (κ3) is 30.4. The van der Waals surface area contributed by atoms with Crippen LogP contribution in [-0.4, -0.2) is 107 Å². The lowest BCUT2D eigenvalue weighted by molar-refractivity contribution is -0.298. The molecular weight excluding hydrogens is 815 g/mol. The van der Waals surface area contributed by atoms with Crippen molar-refractivity contribution in [2.75, 3.05) is 13.2 Å². The second-order valence-corrected chi connectivity index (χ2v) is 18.3. The Morgan fingerprint density at radius 3 is 1.58 bits per heavy atom. The molecule has 8 atom stereocenters. The van der Waals surface area contributed by atoms with E-state index in [2.05, 4.69) is 47.7 Å². The highest BCUT2D eigenvalue weighted by Gasteiger charge is 2.48. The molecule has 1 aliphatic rings. The molecule has 7 N–H and O–H groups in total. The van der Waals surface area contributed by atoms with Crippen molar-refractivity contribution < 1.29 is 57.0 Å². The third-order valence-corrected chi connectivity index (χ3v) is 12.0. The molecule has 1 rings (SSSR count). The van der Waals surface area contributed by atoms with Crippen LogP contribution in [0.3, 0.4) is 0 Å². The molecule has 14 heteroatoms. The van der Waals surface area contributed by atoms with E-state index in [-0.39, 0.29) is 6.42 Å². The van der Waals surface area contributed by atoms with Gasteiger partial charge in [-0.05, 0) is 44.9 Å². The Morgan fingerprint density at radius 1 is 0.661 bits per heavy atom. The zero-order valence-corrected chi connectivity index (χ0v) is 39.4. The summed E-state index contributed by atoms with van der Waals surface area (Å²) in [7, 11) is -5.12. The van der Waals surface area contributed by atoms with E-state index >= 15 is 0 Å². The van der Waals surface area contributed by atoms with E-state index in [1.807, 2.05) is 6.08 Å². The number of ether oxygens (including phenoxy) is 2. The van der Waals surface area contributed by atoms with Crippen LogP contribution in [0.1, 0.15) is 200 Å². The van der Waals surface area contributed by atoms with Crippen molar-refractivity contribution in [3.8, 4) is 0 Å². The van der Waals surface area contributed by atoms with Crippen LogP contribution in [0, 0.1) is 0 Å². The summed E-state index contributed by atoms with van der Waals surface area (Å²) in [4.78, 5) is 13.1. The molecule has 0 radical (unpaired) electrons. The number of rotatable bonds is 41. The average molecular weight is 904 g/mol. The summed E-state index contributed by atoms with van der Waals surface area (Å²) in [5, 5.41) is 55.3. The Balaban J connectivity index is 2.57. The number of allylic oxidation sites excluding steroid dienone is 5. The SMILES string of the molecule is CCCCC/C=C\C=C/CCCCCCCC(O)C(=O)NC(COC1OC(CO)C(O)C(OS(=O)(=O)O)C1O)C(O)/C=C/CCCCCCCCCCCCCCCCCCC. The van der Waals surface area contributed by atoms with Crippen LogP contribution in [0.4, 0.5) is 0 Å². The summed E-state index contributed by atoms with van der Waals surface area (Å²) in [5.41, 5.74) is 0. The Labute approximate surface area is 376 Å². The second-order valence-electron chi connectivity index (χ2n) is 17.2. The fraction of sp³-hybridized carbons (Fsp3) is 0.854. The third-order valence-electron chi connectivity index (χ3n) is 11.6. The Morgan fingerprint density at radius 2 is 1.10 bits per heavy atom. The van der Waals surface area contributed by atoms with Crippen LogP contribution in [0.15, 0.2) is 36.5 Å². The monoisotopic (exact) mass is 904 g/mol. The number of nitrogens with one attached hydrogen (secondary N) is 1. The molecule has 62 heavy (non-hydrogen) atoms. The van der Waals surface area contributed by atoms with Crippen molar-refractivity contribution in [1.29, 1.82) is 0 Å². The van der Waals surface area contributed by atoms with Crippen LogP contribution in [-0.2, 0) is 28.9 Å². The summed E-state index contributed by atoms with van der Waals surface area (Å²) >= 11 is 0. The van der Waals surface area contributed by atoms with Gasteiger partial charge in [-0.3, -0.25) is 9.35 Å². The number of unbranched alkanes of at least 4 members (excludes halogenated alkanes) is 25. The number of aliphatic hydroxyl groups is 5. The molecule has 13 nitrogen and oxygen atoms in total. The zero-order valence-electron chi connectivity index (χ0n) is 38.5. The maximum atomic E-state index is 13.1. The van der Waals surface area contributed by atoms with E-state index in [0.717, 1.165) is 57.8 Å². The van der Waals surface area contributed by atoms with Gasteiger partial charge in [-0.1, -0.05) is 192 Å². The minimum absolute atomic E-state index is 0.225. The topological polar surface area (TPSA) is 212 Å². The number of aliphatic hydroxyl groups excluding tert-OH is 5. The minimum Gasteiger partial charge on any atom is -0.394 e. The first-order chi connectivity index (χ1) is 29.9. The Hall–Kier alpha value is -1.72. The molecule has 1 heterocycles. The summed E-state index contributed by atoms with van der Waals surface area (Å²) in [5.74, 6) is -0.714. The number of hydrogen-bond acceptors (Lipinski definition) is 11. The lowest BCUT2D eigenvalue weighted by Crippen LogP contribution is -2.61. The van der Waals surface area contributed by atoms with Gasteiger partial charge in [0.15, 0.2) is 6.29 Å². The molecule has 1 saturated heterocycles. The predicted octanol–water partition coefficient (Wildman–Crippen LogP) is 8.86. The van der Waals surface area contributed by atoms with Crippen molar-refractivity contribution in [2.24, 2.45) is 0 Å². The highest BCUT2D eigenvalue weighted by Crippen LogP contribution is 2.26. The molecule has 1 aliphatic heterocycles.